The van der Waals surface area contributed by atoms with Crippen LogP contribution < -0.4 is 5.73 Å². The van der Waals surface area contributed by atoms with E-state index in [0.29, 0.717) is 0 Å². The minimum absolute atomic E-state index is 0. The van der Waals surface area contributed by atoms with Gasteiger partial charge in [-0.15, -0.1) is 0 Å². The molecule has 0 aromatic carbocycles. The minimum atomic E-state index is 0. The Morgan fingerprint density at radius 3 is 1.25 bits per heavy atom. The second-order valence-corrected chi connectivity index (χ2v) is 0. The molecule has 3 heteroatoms. The normalized spacial score (nSPS) is 1.50. The van der Waals surface area contributed by atoms with Gasteiger partial charge in [-0.05, 0) is 7.05 Å². The number of hydrogen-bond acceptors (Lipinski definition) is 1. The topological polar surface area (TPSA) is 26.0 Å². The summed E-state index contributed by atoms with van der Waals surface area (Å²) in [5.41, 5.74) is 4.50. The maximum absolute atomic E-state index is 4.50. The summed E-state index contributed by atoms with van der Waals surface area (Å²) in [4.78, 5) is 0. The van der Waals surface area contributed by atoms with Crippen LogP contribution in [0.5, 0.6) is 0 Å². The fraction of sp³-hybridized carbons (Fsp3) is 1.00. The van der Waals surface area contributed by atoms with E-state index >= 15 is 0 Å². The Balaban J connectivity index is -0.00000000500. The molecule has 2 N–H and O–H groups in total. The third kappa shape index (κ3) is 10.6. The first-order valence-corrected chi connectivity index (χ1v) is 0.577. The van der Waals surface area contributed by atoms with E-state index < -0.39 is 0 Å². The van der Waals surface area contributed by atoms with Crippen LogP contribution in [0, 0.1) is 0 Å². The van der Waals surface area contributed by atoms with Gasteiger partial charge in [0.25, 0.3) is 0 Å². The number of nitrogens with two attached hydrogens (primary N) is 1. The molecule has 0 saturated heterocycles. The molecule has 0 aliphatic carbocycles. The van der Waals surface area contributed by atoms with Crippen LogP contribution in [0.15, 0.2) is 0 Å². The van der Waals surface area contributed by atoms with Crippen LogP contribution in [0.2, 0.25) is 0 Å². The Kier molecular flexibility index (Phi) is 136. The zero-order valence-corrected chi connectivity index (χ0v) is 6.90. The molecule has 0 aliphatic rings. The maximum Gasteiger partial charge on any atom is 0 e. The summed E-state index contributed by atoms with van der Waals surface area (Å²) in [5, 5.41) is 0. The molecule has 0 amide bonds. The predicted molar refractivity (Wildman–Crippen MR) is 24.8 cm³/mol. The molecule has 0 bridgehead atoms. The molecule has 0 spiro atoms. The summed E-state index contributed by atoms with van der Waals surface area (Å²) in [6.45, 7) is 0. The zero-order chi connectivity index (χ0) is 2.00. The van der Waals surface area contributed by atoms with Gasteiger partial charge in [0.15, 0.2) is 0 Å². The Hall–Kier alpha value is 1.24. The van der Waals surface area contributed by atoms with Crippen molar-refractivity contribution in [1.82, 2.24) is 0 Å². The predicted octanol–water partition coefficient (Wildman–Crippen LogP) is 0.0397. The molecule has 25 valence electrons. The van der Waals surface area contributed by atoms with Crippen LogP contribution >= 0.6 is 17.0 Å². The monoisotopic (exact) mass is 230 g/mol. The quantitative estimate of drug-likeness (QED) is 0.584. The maximum atomic E-state index is 4.50. The van der Waals surface area contributed by atoms with Crippen LogP contribution in [-0.4, -0.2) is 31.0 Å². The van der Waals surface area contributed by atoms with Gasteiger partial charge in [-0.1, -0.05) is 0 Å². The van der Waals surface area contributed by atoms with Gasteiger partial charge in [-0.3, -0.25) is 0 Å². The molecular weight excluding hydrogens is 225 g/mol. The first-order chi connectivity index (χ1) is 1.00. The average molecular weight is 230 g/mol. The summed E-state index contributed by atoms with van der Waals surface area (Å²) >= 11 is 0. The van der Waals surface area contributed by atoms with Crippen LogP contribution in [-0.2, 0) is 0 Å². The number of halogens is 1. The minimum Gasteiger partial charge on any atom is -0.333 e. The van der Waals surface area contributed by atoms with Crippen LogP contribution in [0.3, 0.4) is 0 Å². The van der Waals surface area contributed by atoms with Crippen molar-refractivity contribution in [3.63, 3.8) is 0 Å². The van der Waals surface area contributed by atoms with Crippen LogP contribution in [0.1, 0.15) is 0 Å². The Morgan fingerprint density at radius 1 is 1.25 bits per heavy atom. The molecule has 0 heterocycles. The third-order valence-corrected chi connectivity index (χ3v) is 0. The van der Waals surface area contributed by atoms with Gasteiger partial charge in [0.2, 0.25) is 0 Å². The molecule has 0 saturated carbocycles. The molecule has 0 aromatic heterocycles. The molecule has 0 aromatic rings. The molecule has 0 unspecified atom stereocenters. The molecule has 0 aliphatic heterocycles. The molecule has 5 radical (unpaired) electrons. The fourth-order valence-corrected chi connectivity index (χ4v) is 0. The standard InChI is InChI=1S/CH5N.Br.Sn/c1-2;;/h2H2,1H3;;. The van der Waals surface area contributed by atoms with Gasteiger partial charge in [-0.2, -0.15) is 0 Å². The van der Waals surface area contributed by atoms with Crippen molar-refractivity contribution in [3.8, 4) is 0 Å². The van der Waals surface area contributed by atoms with Crippen molar-refractivity contribution in [1.29, 1.82) is 0 Å². The summed E-state index contributed by atoms with van der Waals surface area (Å²) < 4.78 is 0. The summed E-state index contributed by atoms with van der Waals surface area (Å²) in [5.74, 6) is 0. The Bertz CT molecular complexity index is 8.00. The average Bonchev–Trinajstić information content (AvgIpc) is 1.00. The van der Waals surface area contributed by atoms with E-state index in [4.69, 9.17) is 0 Å². The molecule has 4 heavy (non-hydrogen) atoms. The van der Waals surface area contributed by atoms with E-state index in [9.17, 15) is 0 Å². The summed E-state index contributed by atoms with van der Waals surface area (Å²) in [6, 6.07) is 0. The van der Waals surface area contributed by atoms with Gasteiger partial charge in [-0.25, -0.2) is 0 Å². The van der Waals surface area contributed by atoms with Gasteiger partial charge in [0.05, 0.1) is 0 Å². The molecule has 0 atom stereocenters. The van der Waals surface area contributed by atoms with E-state index in [1.807, 2.05) is 0 Å². The van der Waals surface area contributed by atoms with E-state index in [-0.39, 0.29) is 40.9 Å². The Morgan fingerprint density at radius 2 is 1.25 bits per heavy atom. The van der Waals surface area contributed by atoms with Crippen molar-refractivity contribution in [2.45, 2.75) is 0 Å². The molecule has 0 rings (SSSR count). The van der Waals surface area contributed by atoms with Crippen molar-refractivity contribution in [2.24, 2.45) is 5.73 Å². The SMILES string of the molecule is CN.[Br].[Sn]. The van der Waals surface area contributed by atoms with Crippen molar-refractivity contribution in [2.75, 3.05) is 7.05 Å². The van der Waals surface area contributed by atoms with Crippen molar-refractivity contribution >= 4 is 40.9 Å². The second-order valence-electron chi connectivity index (χ2n) is 0. The first kappa shape index (κ1) is 18.8. The molecule has 1 nitrogen and oxygen atoms in total. The summed E-state index contributed by atoms with van der Waals surface area (Å²) in [7, 11) is 1.50. The number of rotatable bonds is 0. The van der Waals surface area contributed by atoms with E-state index in [2.05, 4.69) is 5.73 Å². The molecular formula is CH5BrNSn. The van der Waals surface area contributed by atoms with Crippen LogP contribution in [0.4, 0.5) is 0 Å². The molecule has 0 fully saturated rings. The summed E-state index contributed by atoms with van der Waals surface area (Å²) in [6.07, 6.45) is 0. The van der Waals surface area contributed by atoms with Crippen LogP contribution in [0.25, 0.3) is 0 Å². The van der Waals surface area contributed by atoms with E-state index in [1.165, 1.54) is 7.05 Å². The zero-order valence-electron chi connectivity index (χ0n) is 2.46. The smallest absolute Gasteiger partial charge is 0 e. The van der Waals surface area contributed by atoms with Crippen molar-refractivity contribution < 1.29 is 0 Å². The third-order valence-electron chi connectivity index (χ3n) is 0. The largest absolute Gasteiger partial charge is 0.333 e. The van der Waals surface area contributed by atoms with Crippen molar-refractivity contribution in [3.05, 3.63) is 0 Å². The second kappa shape index (κ2) is 29.0. The fourth-order valence-electron chi connectivity index (χ4n) is 0. The number of hydrogen-bond donors (Lipinski definition) is 1. The first-order valence-electron chi connectivity index (χ1n) is 0.577. The van der Waals surface area contributed by atoms with Gasteiger partial charge in [0, 0.05) is 40.9 Å². The van der Waals surface area contributed by atoms with E-state index in [1.54, 1.807) is 0 Å². The van der Waals surface area contributed by atoms with Gasteiger partial charge < -0.3 is 5.73 Å². The van der Waals surface area contributed by atoms with Gasteiger partial charge in [0.1, 0.15) is 0 Å². The Labute approximate surface area is 53.7 Å². The van der Waals surface area contributed by atoms with Gasteiger partial charge >= 0.3 is 0 Å². The van der Waals surface area contributed by atoms with E-state index in [0.717, 1.165) is 0 Å².